The molecule has 1 atom stereocenters. The number of aromatic nitrogens is 3. The van der Waals surface area contributed by atoms with E-state index in [4.69, 9.17) is 11.6 Å². The van der Waals surface area contributed by atoms with Gasteiger partial charge < -0.3 is 5.11 Å². The van der Waals surface area contributed by atoms with E-state index in [0.29, 0.717) is 10.8 Å². The number of likely N-dealkylation sites (tertiary alicyclic amines) is 1. The van der Waals surface area contributed by atoms with Crippen LogP contribution in [0.2, 0.25) is 5.02 Å². The second-order valence-corrected chi connectivity index (χ2v) is 8.09. The van der Waals surface area contributed by atoms with Gasteiger partial charge in [0.25, 0.3) is 0 Å². The van der Waals surface area contributed by atoms with E-state index in [1.807, 2.05) is 0 Å². The molecule has 0 unspecified atom stereocenters. The van der Waals surface area contributed by atoms with Crippen molar-refractivity contribution in [1.29, 1.82) is 0 Å². The molecule has 1 aliphatic heterocycles. The molecule has 1 N–H and O–H groups in total. The van der Waals surface area contributed by atoms with E-state index >= 15 is 0 Å². The first kappa shape index (κ1) is 17.7. The van der Waals surface area contributed by atoms with Crippen LogP contribution in [0.5, 0.6) is 5.88 Å². The molecule has 1 aromatic carbocycles. The van der Waals surface area contributed by atoms with Gasteiger partial charge in [-0.25, -0.2) is 9.37 Å². The number of aromatic hydroxyl groups is 1. The Morgan fingerprint density at radius 2 is 1.96 bits per heavy atom. The molecule has 138 valence electrons. The third-order valence-corrected chi connectivity index (χ3v) is 6.18. The van der Waals surface area contributed by atoms with Gasteiger partial charge in [-0.1, -0.05) is 41.8 Å². The Kier molecular flexibility index (Phi) is 4.86. The maximum atomic E-state index is 13.7. The fraction of sp³-hybridized carbons (Fsp3) is 0.444. The lowest BCUT2D eigenvalue weighted by atomic mass is 10.0. The number of hydrogen-bond donors (Lipinski definition) is 1. The molecule has 8 heteroatoms. The number of hydrogen-bond acceptors (Lipinski definition) is 5. The standard InChI is InChI=1S/C18H20ClFN4OS/c1-11-21-18-24(22-11)17(25)16(26-18)15(23-8-4-2-3-5-9-23)12-6-7-14(20)13(19)10-12/h6-7,10,15,25H,2-5,8-9H2,1H3/t15-/m0/s1. The van der Waals surface area contributed by atoms with E-state index < -0.39 is 5.82 Å². The number of nitrogens with zero attached hydrogens (tertiary/aromatic N) is 4. The van der Waals surface area contributed by atoms with E-state index in [0.717, 1.165) is 36.4 Å². The average Bonchev–Trinajstić information content (AvgIpc) is 2.97. The van der Waals surface area contributed by atoms with Crippen molar-refractivity contribution in [2.45, 2.75) is 38.6 Å². The van der Waals surface area contributed by atoms with Gasteiger partial charge in [0.15, 0.2) is 0 Å². The van der Waals surface area contributed by atoms with Crippen molar-refractivity contribution < 1.29 is 9.50 Å². The lowest BCUT2D eigenvalue weighted by molar-refractivity contribution is 0.232. The van der Waals surface area contributed by atoms with Crippen LogP contribution in [0.15, 0.2) is 18.2 Å². The minimum atomic E-state index is -0.437. The number of halogens is 2. The second kappa shape index (κ2) is 7.13. The lowest BCUT2D eigenvalue weighted by Crippen LogP contribution is -2.30. The Hall–Kier alpha value is -1.70. The van der Waals surface area contributed by atoms with Gasteiger partial charge in [0.05, 0.1) is 15.9 Å². The predicted molar refractivity (Wildman–Crippen MR) is 101 cm³/mol. The summed E-state index contributed by atoms with van der Waals surface area (Å²) >= 11 is 7.47. The van der Waals surface area contributed by atoms with E-state index in [-0.39, 0.29) is 16.9 Å². The summed E-state index contributed by atoms with van der Waals surface area (Å²) in [5.41, 5.74) is 0.870. The van der Waals surface area contributed by atoms with Crippen LogP contribution in [0.3, 0.4) is 0 Å². The summed E-state index contributed by atoms with van der Waals surface area (Å²) in [6.07, 6.45) is 4.61. The second-order valence-electron chi connectivity index (χ2n) is 6.67. The van der Waals surface area contributed by atoms with Gasteiger partial charge in [0.1, 0.15) is 11.6 Å². The molecule has 0 saturated carbocycles. The van der Waals surface area contributed by atoms with Gasteiger partial charge in [-0.05, 0) is 50.6 Å². The van der Waals surface area contributed by atoms with Crippen LogP contribution in [0.1, 0.15) is 48.0 Å². The highest BCUT2D eigenvalue weighted by Crippen LogP contribution is 2.41. The SMILES string of the molecule is Cc1nc2sc([C@H](c3ccc(F)c(Cl)c3)N3CCCCCC3)c(O)n2n1. The van der Waals surface area contributed by atoms with Crippen LogP contribution in [-0.4, -0.2) is 37.7 Å². The van der Waals surface area contributed by atoms with Gasteiger partial charge in [-0.3, -0.25) is 4.90 Å². The van der Waals surface area contributed by atoms with Crippen LogP contribution in [0.25, 0.3) is 4.96 Å². The number of aryl methyl sites for hydroxylation is 1. The van der Waals surface area contributed by atoms with Crippen molar-refractivity contribution in [3.63, 3.8) is 0 Å². The van der Waals surface area contributed by atoms with Crippen molar-refractivity contribution in [2.75, 3.05) is 13.1 Å². The number of benzene rings is 1. The van der Waals surface area contributed by atoms with E-state index in [2.05, 4.69) is 15.0 Å². The summed E-state index contributed by atoms with van der Waals surface area (Å²) in [7, 11) is 0. The largest absolute Gasteiger partial charge is 0.492 e. The van der Waals surface area contributed by atoms with Crippen molar-refractivity contribution in [2.24, 2.45) is 0 Å². The molecule has 3 aromatic rings. The maximum Gasteiger partial charge on any atom is 0.230 e. The zero-order valence-corrected chi connectivity index (χ0v) is 16.0. The quantitative estimate of drug-likeness (QED) is 0.707. The first-order chi connectivity index (χ1) is 12.5. The Bertz CT molecular complexity index is 933. The van der Waals surface area contributed by atoms with E-state index in [1.165, 1.54) is 34.8 Å². The molecular weight excluding hydrogens is 375 g/mol. The molecule has 0 bridgehead atoms. The fourth-order valence-corrected chi connectivity index (χ4v) is 4.94. The number of rotatable bonds is 3. The first-order valence-corrected chi connectivity index (χ1v) is 9.98. The summed E-state index contributed by atoms with van der Waals surface area (Å²) in [6, 6.07) is 4.60. The number of thiazole rings is 1. The molecule has 3 heterocycles. The summed E-state index contributed by atoms with van der Waals surface area (Å²) in [5, 5.41) is 15.2. The summed E-state index contributed by atoms with van der Waals surface area (Å²) in [5.74, 6) is 0.280. The Labute approximate surface area is 160 Å². The van der Waals surface area contributed by atoms with Gasteiger partial charge in [-0.15, -0.1) is 5.10 Å². The van der Waals surface area contributed by atoms with Crippen molar-refractivity contribution in [3.05, 3.63) is 45.3 Å². The normalized spacial score (nSPS) is 17.5. The van der Waals surface area contributed by atoms with Gasteiger partial charge in [0, 0.05) is 0 Å². The third kappa shape index (κ3) is 3.19. The van der Waals surface area contributed by atoms with Crippen LogP contribution in [-0.2, 0) is 0 Å². The molecule has 0 aliphatic carbocycles. The molecule has 1 saturated heterocycles. The highest BCUT2D eigenvalue weighted by molar-refractivity contribution is 7.17. The Morgan fingerprint density at radius 1 is 1.23 bits per heavy atom. The molecule has 5 nitrogen and oxygen atoms in total. The Balaban J connectivity index is 1.83. The van der Waals surface area contributed by atoms with E-state index in [1.54, 1.807) is 19.1 Å². The fourth-order valence-electron chi connectivity index (χ4n) is 3.59. The predicted octanol–water partition coefficient (Wildman–Crippen LogP) is 4.56. The highest BCUT2D eigenvalue weighted by Gasteiger charge is 2.30. The summed E-state index contributed by atoms with van der Waals surface area (Å²) in [4.78, 5) is 8.14. The molecular formula is C18H20ClFN4OS. The molecule has 2 aromatic heterocycles. The topological polar surface area (TPSA) is 53.7 Å². The molecule has 1 aliphatic rings. The summed E-state index contributed by atoms with van der Waals surface area (Å²) < 4.78 is 15.2. The van der Waals surface area contributed by atoms with Crippen molar-refractivity contribution >= 4 is 27.9 Å². The smallest absolute Gasteiger partial charge is 0.230 e. The zero-order chi connectivity index (χ0) is 18.3. The molecule has 0 amide bonds. The maximum absolute atomic E-state index is 13.7. The van der Waals surface area contributed by atoms with E-state index in [9.17, 15) is 9.50 Å². The minimum Gasteiger partial charge on any atom is -0.492 e. The monoisotopic (exact) mass is 394 g/mol. The van der Waals surface area contributed by atoms with Crippen LogP contribution >= 0.6 is 22.9 Å². The minimum absolute atomic E-state index is 0.0946. The van der Waals surface area contributed by atoms with Gasteiger partial charge in [-0.2, -0.15) is 4.52 Å². The number of fused-ring (bicyclic) bond motifs is 1. The Morgan fingerprint density at radius 3 is 2.62 bits per heavy atom. The third-order valence-electron chi connectivity index (χ3n) is 4.82. The van der Waals surface area contributed by atoms with Crippen LogP contribution < -0.4 is 0 Å². The average molecular weight is 395 g/mol. The lowest BCUT2D eigenvalue weighted by Gasteiger charge is -2.30. The zero-order valence-electron chi connectivity index (χ0n) is 14.5. The highest BCUT2D eigenvalue weighted by atomic mass is 35.5. The molecule has 26 heavy (non-hydrogen) atoms. The molecule has 0 radical (unpaired) electrons. The first-order valence-electron chi connectivity index (χ1n) is 8.78. The molecule has 0 spiro atoms. The van der Waals surface area contributed by atoms with Crippen LogP contribution in [0.4, 0.5) is 4.39 Å². The van der Waals surface area contributed by atoms with Crippen molar-refractivity contribution in [1.82, 2.24) is 19.5 Å². The van der Waals surface area contributed by atoms with Gasteiger partial charge in [0.2, 0.25) is 10.8 Å². The molecule has 4 rings (SSSR count). The molecule has 1 fully saturated rings. The summed E-state index contributed by atoms with van der Waals surface area (Å²) in [6.45, 7) is 3.64. The van der Waals surface area contributed by atoms with Crippen molar-refractivity contribution in [3.8, 4) is 5.88 Å². The van der Waals surface area contributed by atoms with Crippen LogP contribution in [0, 0.1) is 12.7 Å². The van der Waals surface area contributed by atoms with Gasteiger partial charge >= 0.3 is 0 Å².